The van der Waals surface area contributed by atoms with Crippen LogP contribution in [0.1, 0.15) is 19.9 Å². The van der Waals surface area contributed by atoms with E-state index in [0.29, 0.717) is 10.5 Å². The first-order chi connectivity index (χ1) is 6.61. The molecule has 5 nitrogen and oxygen atoms in total. The first kappa shape index (κ1) is 9.14. The molecule has 74 valence electrons. The van der Waals surface area contributed by atoms with E-state index < -0.39 is 0 Å². The van der Waals surface area contributed by atoms with Crippen molar-refractivity contribution >= 4 is 29.1 Å². The van der Waals surface area contributed by atoms with E-state index in [1.807, 2.05) is 18.5 Å². The van der Waals surface area contributed by atoms with E-state index in [1.165, 1.54) is 6.33 Å². The largest absolute Gasteiger partial charge is 0.383 e. The number of anilines is 1. The van der Waals surface area contributed by atoms with Crippen LogP contribution in [0, 0.1) is 4.64 Å². The van der Waals surface area contributed by atoms with Gasteiger partial charge >= 0.3 is 0 Å². The van der Waals surface area contributed by atoms with Crippen molar-refractivity contribution in [3.63, 3.8) is 0 Å². The number of nitrogens with two attached hydrogens (primary N) is 1. The summed E-state index contributed by atoms with van der Waals surface area (Å²) in [5.41, 5.74) is 6.48. The molecule has 0 aliphatic heterocycles. The molecule has 0 spiro atoms. The van der Waals surface area contributed by atoms with Crippen molar-refractivity contribution in [3.05, 3.63) is 11.0 Å². The van der Waals surface area contributed by atoms with Gasteiger partial charge in [-0.1, -0.05) is 12.2 Å². The van der Waals surface area contributed by atoms with Crippen LogP contribution in [0.3, 0.4) is 0 Å². The highest BCUT2D eigenvalue weighted by molar-refractivity contribution is 7.71. The molecule has 2 rings (SSSR count). The summed E-state index contributed by atoms with van der Waals surface area (Å²) < 4.78 is 2.47. The van der Waals surface area contributed by atoms with Crippen molar-refractivity contribution in [2.75, 3.05) is 5.73 Å². The van der Waals surface area contributed by atoms with Gasteiger partial charge in [0.2, 0.25) is 0 Å². The molecule has 0 saturated heterocycles. The van der Waals surface area contributed by atoms with Crippen LogP contribution < -0.4 is 5.73 Å². The number of nitrogens with one attached hydrogen (secondary N) is 1. The molecule has 2 heterocycles. The fraction of sp³-hybridized carbons (Fsp3) is 0.375. The molecule has 0 atom stereocenters. The van der Waals surface area contributed by atoms with Crippen LogP contribution in [0.25, 0.3) is 11.0 Å². The van der Waals surface area contributed by atoms with Crippen molar-refractivity contribution in [1.82, 2.24) is 19.7 Å². The summed E-state index contributed by atoms with van der Waals surface area (Å²) in [5.74, 6) is 0.427. The predicted octanol–water partition coefficient (Wildman–Crippen LogP) is 1.65. The lowest BCUT2D eigenvalue weighted by Gasteiger charge is -2.06. The summed E-state index contributed by atoms with van der Waals surface area (Å²) in [5, 5.41) is 3.77. The van der Waals surface area contributed by atoms with Crippen LogP contribution in [-0.4, -0.2) is 19.7 Å². The van der Waals surface area contributed by atoms with Gasteiger partial charge in [0, 0.05) is 6.04 Å². The smallest absolute Gasteiger partial charge is 0.163 e. The average Bonchev–Trinajstić information content (AvgIpc) is 2.45. The van der Waals surface area contributed by atoms with Crippen molar-refractivity contribution < 1.29 is 0 Å². The molecule has 6 heteroatoms. The summed E-state index contributed by atoms with van der Waals surface area (Å²) in [6, 6.07) is 0.267. The second kappa shape index (κ2) is 3.06. The Labute approximate surface area is 86.0 Å². The van der Waals surface area contributed by atoms with Gasteiger partial charge in [-0.15, -0.1) is 0 Å². The topological polar surface area (TPSA) is 72.5 Å². The van der Waals surface area contributed by atoms with Crippen molar-refractivity contribution in [3.8, 4) is 0 Å². The van der Waals surface area contributed by atoms with Crippen molar-refractivity contribution in [2.45, 2.75) is 19.9 Å². The van der Waals surface area contributed by atoms with Crippen molar-refractivity contribution in [1.29, 1.82) is 0 Å². The number of H-pyrrole nitrogens is 1. The minimum atomic E-state index is 0.267. The molecule has 0 fully saturated rings. The Balaban J connectivity index is 2.91. The highest BCUT2D eigenvalue weighted by Gasteiger charge is 2.10. The predicted molar refractivity (Wildman–Crippen MR) is 57.5 cm³/mol. The van der Waals surface area contributed by atoms with E-state index in [9.17, 15) is 0 Å². The summed E-state index contributed by atoms with van der Waals surface area (Å²) in [6.45, 7) is 4.09. The fourth-order valence-corrected chi connectivity index (χ4v) is 1.68. The SMILES string of the molecule is CC(C)n1[nH]c(=S)c2c(N)ncnc21. The van der Waals surface area contributed by atoms with Gasteiger partial charge in [0.15, 0.2) is 5.65 Å². The van der Waals surface area contributed by atoms with E-state index >= 15 is 0 Å². The van der Waals surface area contributed by atoms with Gasteiger partial charge in [0.25, 0.3) is 0 Å². The molecule has 0 aliphatic rings. The number of fused-ring (bicyclic) bond motifs is 1. The van der Waals surface area contributed by atoms with Gasteiger partial charge in [0.05, 0.1) is 5.39 Å². The Morgan fingerprint density at radius 2 is 2.21 bits per heavy atom. The zero-order valence-electron chi connectivity index (χ0n) is 7.98. The molecule has 0 amide bonds. The second-order valence-electron chi connectivity index (χ2n) is 3.36. The third-order valence-electron chi connectivity index (χ3n) is 2.05. The maximum Gasteiger partial charge on any atom is 0.163 e. The van der Waals surface area contributed by atoms with Gasteiger partial charge in [-0.2, -0.15) is 0 Å². The van der Waals surface area contributed by atoms with Crippen LogP contribution in [0.2, 0.25) is 0 Å². The molecular weight excluding hydrogens is 198 g/mol. The van der Waals surface area contributed by atoms with E-state index in [0.717, 1.165) is 11.0 Å². The molecule has 0 saturated carbocycles. The highest BCUT2D eigenvalue weighted by atomic mass is 32.1. The normalized spacial score (nSPS) is 11.4. The molecule has 0 bridgehead atoms. The van der Waals surface area contributed by atoms with E-state index in [-0.39, 0.29) is 6.04 Å². The van der Waals surface area contributed by atoms with E-state index in [2.05, 4.69) is 15.1 Å². The number of aromatic nitrogens is 4. The number of nitrogen functional groups attached to an aromatic ring is 1. The molecule has 0 unspecified atom stereocenters. The molecule has 2 aromatic rings. The minimum absolute atomic E-state index is 0.267. The third kappa shape index (κ3) is 1.19. The molecule has 0 radical (unpaired) electrons. The lowest BCUT2D eigenvalue weighted by atomic mass is 10.3. The monoisotopic (exact) mass is 209 g/mol. The van der Waals surface area contributed by atoms with Crippen LogP contribution in [0.4, 0.5) is 5.82 Å². The van der Waals surface area contributed by atoms with E-state index in [1.54, 1.807) is 0 Å². The van der Waals surface area contributed by atoms with Gasteiger partial charge in [-0.3, -0.25) is 9.78 Å². The highest BCUT2D eigenvalue weighted by Crippen LogP contribution is 2.20. The Morgan fingerprint density at radius 3 is 2.86 bits per heavy atom. The van der Waals surface area contributed by atoms with E-state index in [4.69, 9.17) is 18.0 Å². The van der Waals surface area contributed by atoms with Crippen LogP contribution in [-0.2, 0) is 0 Å². The zero-order valence-corrected chi connectivity index (χ0v) is 8.80. The number of rotatable bonds is 1. The number of hydrogen-bond donors (Lipinski definition) is 2. The molecule has 0 aromatic carbocycles. The molecule has 2 aromatic heterocycles. The van der Waals surface area contributed by atoms with Crippen LogP contribution >= 0.6 is 12.2 Å². The zero-order chi connectivity index (χ0) is 10.3. The Morgan fingerprint density at radius 1 is 1.50 bits per heavy atom. The Kier molecular flexibility index (Phi) is 1.99. The second-order valence-corrected chi connectivity index (χ2v) is 3.77. The Hall–Kier alpha value is -1.43. The van der Waals surface area contributed by atoms with Gasteiger partial charge in [-0.25, -0.2) is 9.97 Å². The quantitative estimate of drug-likeness (QED) is 0.700. The molecule has 0 aliphatic carbocycles. The third-order valence-corrected chi connectivity index (χ3v) is 2.35. The fourth-order valence-electron chi connectivity index (χ4n) is 1.38. The molecule has 14 heavy (non-hydrogen) atoms. The number of aromatic amines is 1. The van der Waals surface area contributed by atoms with Gasteiger partial charge in [-0.05, 0) is 13.8 Å². The van der Waals surface area contributed by atoms with Gasteiger partial charge in [0.1, 0.15) is 16.8 Å². The minimum Gasteiger partial charge on any atom is -0.383 e. The molecule has 3 N–H and O–H groups in total. The van der Waals surface area contributed by atoms with Crippen molar-refractivity contribution in [2.24, 2.45) is 0 Å². The summed E-state index contributed by atoms with van der Waals surface area (Å²) in [7, 11) is 0. The maximum absolute atomic E-state index is 5.72. The summed E-state index contributed by atoms with van der Waals surface area (Å²) >= 11 is 5.14. The van der Waals surface area contributed by atoms with Crippen LogP contribution in [0.15, 0.2) is 6.33 Å². The lowest BCUT2D eigenvalue weighted by Crippen LogP contribution is -2.03. The Bertz CT molecular complexity index is 524. The maximum atomic E-state index is 5.72. The standard InChI is InChI=1S/C8H11N5S/c1-4(2)13-7-5(8(14)12-13)6(9)10-3-11-7/h3-4H,1-2H3,(H,12,14)(H2,9,10,11). The summed E-state index contributed by atoms with van der Waals surface area (Å²) in [4.78, 5) is 8.07. The average molecular weight is 209 g/mol. The first-order valence-electron chi connectivity index (χ1n) is 4.32. The van der Waals surface area contributed by atoms with Crippen LogP contribution in [0.5, 0.6) is 0 Å². The summed E-state index contributed by atoms with van der Waals surface area (Å²) in [6.07, 6.45) is 1.44. The lowest BCUT2D eigenvalue weighted by molar-refractivity contribution is 0.544. The number of hydrogen-bond acceptors (Lipinski definition) is 4. The number of nitrogens with zero attached hydrogens (tertiary/aromatic N) is 3. The first-order valence-corrected chi connectivity index (χ1v) is 4.72. The van der Waals surface area contributed by atoms with Gasteiger partial charge < -0.3 is 5.73 Å². The molecular formula is C8H11N5S.